The summed E-state index contributed by atoms with van der Waals surface area (Å²) in [5, 5.41) is 9.15. The van der Waals surface area contributed by atoms with Gasteiger partial charge in [-0.3, -0.25) is 4.98 Å². The molecular formula is C9H13N3O. The van der Waals surface area contributed by atoms with Gasteiger partial charge in [0, 0.05) is 25.8 Å². The Kier molecular flexibility index (Phi) is 2.16. The van der Waals surface area contributed by atoms with E-state index in [4.69, 9.17) is 10.8 Å². The van der Waals surface area contributed by atoms with E-state index in [0.29, 0.717) is 19.6 Å². The number of hydrogen-bond acceptors (Lipinski definition) is 4. The van der Waals surface area contributed by atoms with Gasteiger partial charge in [0.05, 0.1) is 17.5 Å². The van der Waals surface area contributed by atoms with Gasteiger partial charge in [-0.25, -0.2) is 0 Å². The molecule has 0 amide bonds. The van der Waals surface area contributed by atoms with Gasteiger partial charge in [-0.15, -0.1) is 0 Å². The Bertz CT molecular complexity index is 297. The third-order valence-electron chi connectivity index (χ3n) is 2.26. The number of hydrogen-bond donors (Lipinski definition) is 2. The summed E-state index contributed by atoms with van der Waals surface area (Å²) < 4.78 is 0. The first-order valence-corrected chi connectivity index (χ1v) is 4.38. The van der Waals surface area contributed by atoms with E-state index in [-0.39, 0.29) is 6.10 Å². The molecule has 0 bridgehead atoms. The molecule has 70 valence electrons. The molecule has 1 aliphatic heterocycles. The molecule has 4 heteroatoms. The largest absolute Gasteiger partial charge is 0.389 e. The first-order valence-electron chi connectivity index (χ1n) is 4.38. The second-order valence-corrected chi connectivity index (χ2v) is 3.23. The predicted molar refractivity (Wildman–Crippen MR) is 50.3 cm³/mol. The Morgan fingerprint density at radius 2 is 2.38 bits per heavy atom. The Labute approximate surface area is 77.0 Å². The highest BCUT2D eigenvalue weighted by Gasteiger charge is 2.25. The van der Waals surface area contributed by atoms with Crippen LogP contribution in [0.15, 0.2) is 18.3 Å². The van der Waals surface area contributed by atoms with Gasteiger partial charge in [0.2, 0.25) is 0 Å². The number of β-amino-alcohol motifs (C(OH)–C–C–N with tert-alkyl or cyclic N) is 1. The SMILES string of the molecule is NCc1ncccc1N1CC(O)C1. The number of aliphatic hydroxyl groups excluding tert-OH is 1. The number of rotatable bonds is 2. The number of nitrogens with two attached hydrogens (primary N) is 1. The molecule has 1 aromatic heterocycles. The van der Waals surface area contributed by atoms with E-state index < -0.39 is 0 Å². The molecule has 0 radical (unpaired) electrons. The molecule has 0 aromatic carbocycles. The van der Waals surface area contributed by atoms with Crippen molar-refractivity contribution in [3.8, 4) is 0 Å². The molecular weight excluding hydrogens is 166 g/mol. The molecule has 13 heavy (non-hydrogen) atoms. The summed E-state index contributed by atoms with van der Waals surface area (Å²) in [7, 11) is 0. The highest BCUT2D eigenvalue weighted by atomic mass is 16.3. The van der Waals surface area contributed by atoms with Crippen molar-refractivity contribution in [2.75, 3.05) is 18.0 Å². The zero-order valence-corrected chi connectivity index (χ0v) is 7.35. The van der Waals surface area contributed by atoms with Crippen LogP contribution in [0.3, 0.4) is 0 Å². The normalized spacial score (nSPS) is 17.2. The van der Waals surface area contributed by atoms with Gasteiger partial charge in [0.25, 0.3) is 0 Å². The van der Waals surface area contributed by atoms with Crippen molar-refractivity contribution in [1.29, 1.82) is 0 Å². The summed E-state index contributed by atoms with van der Waals surface area (Å²) in [4.78, 5) is 6.26. The summed E-state index contributed by atoms with van der Waals surface area (Å²) in [6, 6.07) is 3.88. The van der Waals surface area contributed by atoms with Crippen molar-refractivity contribution in [3.63, 3.8) is 0 Å². The van der Waals surface area contributed by atoms with Crippen LogP contribution >= 0.6 is 0 Å². The minimum absolute atomic E-state index is 0.189. The topological polar surface area (TPSA) is 62.4 Å². The molecule has 0 aliphatic carbocycles. The fraction of sp³-hybridized carbons (Fsp3) is 0.444. The number of aromatic nitrogens is 1. The molecule has 0 spiro atoms. The van der Waals surface area contributed by atoms with E-state index in [1.165, 1.54) is 0 Å². The lowest BCUT2D eigenvalue weighted by molar-refractivity contribution is 0.141. The van der Waals surface area contributed by atoms with Crippen molar-refractivity contribution in [1.82, 2.24) is 4.98 Å². The summed E-state index contributed by atoms with van der Waals surface area (Å²) >= 11 is 0. The Morgan fingerprint density at radius 1 is 1.62 bits per heavy atom. The van der Waals surface area contributed by atoms with Crippen molar-refractivity contribution in [2.24, 2.45) is 5.73 Å². The minimum atomic E-state index is -0.189. The van der Waals surface area contributed by atoms with Crippen LogP contribution in [-0.2, 0) is 6.54 Å². The van der Waals surface area contributed by atoms with Crippen LogP contribution in [0.25, 0.3) is 0 Å². The zero-order chi connectivity index (χ0) is 9.26. The molecule has 0 atom stereocenters. The van der Waals surface area contributed by atoms with Gasteiger partial charge in [-0.05, 0) is 12.1 Å². The fourth-order valence-corrected chi connectivity index (χ4v) is 1.53. The average Bonchev–Trinajstić information content (AvgIpc) is 2.13. The quantitative estimate of drug-likeness (QED) is 0.655. The Balaban J connectivity index is 2.19. The van der Waals surface area contributed by atoms with Crippen molar-refractivity contribution < 1.29 is 5.11 Å². The smallest absolute Gasteiger partial charge is 0.0889 e. The maximum absolute atomic E-state index is 9.15. The second-order valence-electron chi connectivity index (χ2n) is 3.23. The number of aliphatic hydroxyl groups is 1. The maximum Gasteiger partial charge on any atom is 0.0889 e. The first kappa shape index (κ1) is 8.47. The van der Waals surface area contributed by atoms with Crippen LogP contribution in [-0.4, -0.2) is 29.3 Å². The molecule has 2 heterocycles. The van der Waals surface area contributed by atoms with Crippen molar-refractivity contribution >= 4 is 5.69 Å². The molecule has 1 aromatic rings. The number of nitrogens with zero attached hydrogens (tertiary/aromatic N) is 2. The third kappa shape index (κ3) is 1.50. The molecule has 0 saturated carbocycles. The van der Waals surface area contributed by atoms with Crippen LogP contribution < -0.4 is 10.6 Å². The lowest BCUT2D eigenvalue weighted by Crippen LogP contribution is -2.51. The van der Waals surface area contributed by atoms with E-state index in [1.54, 1.807) is 6.20 Å². The summed E-state index contributed by atoms with van der Waals surface area (Å²) in [6.07, 6.45) is 1.55. The van der Waals surface area contributed by atoms with E-state index in [9.17, 15) is 0 Å². The third-order valence-corrected chi connectivity index (χ3v) is 2.26. The number of anilines is 1. The number of pyridine rings is 1. The maximum atomic E-state index is 9.15. The van der Waals surface area contributed by atoms with Gasteiger partial charge in [-0.1, -0.05) is 0 Å². The van der Waals surface area contributed by atoms with E-state index in [2.05, 4.69) is 9.88 Å². The monoisotopic (exact) mass is 179 g/mol. The average molecular weight is 179 g/mol. The molecule has 2 rings (SSSR count). The molecule has 1 saturated heterocycles. The summed E-state index contributed by atoms with van der Waals surface area (Å²) in [6.45, 7) is 1.83. The lowest BCUT2D eigenvalue weighted by atomic mass is 10.1. The molecule has 1 aliphatic rings. The minimum Gasteiger partial charge on any atom is -0.389 e. The standard InChI is InChI=1S/C9H13N3O/c10-4-8-9(2-1-3-11-8)12-5-7(13)6-12/h1-3,7,13H,4-6,10H2. The summed E-state index contributed by atoms with van der Waals surface area (Å²) in [5.41, 5.74) is 7.50. The van der Waals surface area contributed by atoms with Gasteiger partial charge in [-0.2, -0.15) is 0 Å². The van der Waals surface area contributed by atoms with E-state index in [1.807, 2.05) is 12.1 Å². The molecule has 1 fully saturated rings. The Hall–Kier alpha value is -1.13. The molecule has 0 unspecified atom stereocenters. The van der Waals surface area contributed by atoms with Crippen LogP contribution in [0, 0.1) is 0 Å². The highest BCUT2D eigenvalue weighted by Crippen LogP contribution is 2.22. The van der Waals surface area contributed by atoms with Gasteiger partial charge < -0.3 is 15.7 Å². The lowest BCUT2D eigenvalue weighted by Gasteiger charge is -2.38. The molecule has 4 nitrogen and oxygen atoms in total. The first-order chi connectivity index (χ1) is 6.31. The highest BCUT2D eigenvalue weighted by molar-refractivity contribution is 5.52. The van der Waals surface area contributed by atoms with Crippen molar-refractivity contribution in [3.05, 3.63) is 24.0 Å². The zero-order valence-electron chi connectivity index (χ0n) is 7.35. The van der Waals surface area contributed by atoms with Gasteiger partial charge in [0.15, 0.2) is 0 Å². The van der Waals surface area contributed by atoms with E-state index in [0.717, 1.165) is 11.4 Å². The van der Waals surface area contributed by atoms with Crippen LogP contribution in [0.2, 0.25) is 0 Å². The van der Waals surface area contributed by atoms with Gasteiger partial charge in [0.1, 0.15) is 0 Å². The molecule has 3 N–H and O–H groups in total. The fourth-order valence-electron chi connectivity index (χ4n) is 1.53. The van der Waals surface area contributed by atoms with Crippen LogP contribution in [0.4, 0.5) is 5.69 Å². The van der Waals surface area contributed by atoms with Crippen LogP contribution in [0.1, 0.15) is 5.69 Å². The van der Waals surface area contributed by atoms with Gasteiger partial charge >= 0.3 is 0 Å². The second kappa shape index (κ2) is 3.32. The summed E-state index contributed by atoms with van der Waals surface area (Å²) in [5.74, 6) is 0. The Morgan fingerprint density at radius 3 is 3.00 bits per heavy atom. The van der Waals surface area contributed by atoms with Crippen molar-refractivity contribution in [2.45, 2.75) is 12.6 Å². The predicted octanol–water partition coefficient (Wildman–Crippen LogP) is -0.279. The van der Waals surface area contributed by atoms with Crippen LogP contribution in [0.5, 0.6) is 0 Å². The van der Waals surface area contributed by atoms with E-state index >= 15 is 0 Å².